The van der Waals surface area contributed by atoms with Gasteiger partial charge in [0.05, 0.1) is 5.39 Å². The van der Waals surface area contributed by atoms with E-state index < -0.39 is 0 Å². The highest BCUT2D eigenvalue weighted by Gasteiger charge is 2.17. The van der Waals surface area contributed by atoms with Crippen molar-refractivity contribution in [3.8, 4) is 0 Å². The zero-order valence-electron chi connectivity index (χ0n) is 8.83. The molecule has 0 amide bonds. The maximum absolute atomic E-state index is 6.10. The second-order valence-electron chi connectivity index (χ2n) is 4.20. The van der Waals surface area contributed by atoms with Crippen molar-refractivity contribution in [1.29, 1.82) is 0 Å². The van der Waals surface area contributed by atoms with E-state index in [9.17, 15) is 0 Å². The quantitative estimate of drug-likeness (QED) is 0.784. The van der Waals surface area contributed by atoms with Crippen molar-refractivity contribution in [3.63, 3.8) is 0 Å². The molecule has 0 spiro atoms. The molecule has 16 heavy (non-hydrogen) atoms. The van der Waals surface area contributed by atoms with Gasteiger partial charge in [0.25, 0.3) is 0 Å². The van der Waals surface area contributed by atoms with E-state index in [1.165, 1.54) is 24.7 Å². The molecule has 1 aliphatic heterocycles. The van der Waals surface area contributed by atoms with Gasteiger partial charge in [0, 0.05) is 12.2 Å². The molecule has 0 aromatic carbocycles. The normalized spacial score (nSPS) is 20.7. The van der Waals surface area contributed by atoms with Crippen LogP contribution in [0.4, 0.5) is 0 Å². The van der Waals surface area contributed by atoms with Crippen LogP contribution in [0, 0.1) is 0 Å². The minimum Gasteiger partial charge on any atom is -0.346 e. The number of halogens is 1. The molecule has 0 saturated carbocycles. The number of aromatic nitrogens is 3. The standard InChI is InChI=1S/C11H13ClN4/c12-10-9-7(4-8-2-1-3-13-8)5-14-11(9)16-6-15-10/h5-6,8,13H,1-4H2,(H,14,15,16). The molecule has 0 radical (unpaired) electrons. The third-order valence-electron chi connectivity index (χ3n) is 3.13. The third kappa shape index (κ3) is 1.68. The first-order valence-corrected chi connectivity index (χ1v) is 5.92. The number of rotatable bonds is 2. The van der Waals surface area contributed by atoms with E-state index in [4.69, 9.17) is 11.6 Å². The van der Waals surface area contributed by atoms with E-state index in [2.05, 4.69) is 20.3 Å². The molecule has 1 fully saturated rings. The molecule has 1 atom stereocenters. The number of nitrogens with zero attached hydrogens (tertiary/aromatic N) is 2. The monoisotopic (exact) mass is 236 g/mol. The van der Waals surface area contributed by atoms with Crippen molar-refractivity contribution in [2.75, 3.05) is 6.54 Å². The minimum absolute atomic E-state index is 0.541. The summed E-state index contributed by atoms with van der Waals surface area (Å²) in [4.78, 5) is 11.3. The molecule has 4 nitrogen and oxygen atoms in total. The van der Waals surface area contributed by atoms with E-state index in [0.717, 1.165) is 24.0 Å². The van der Waals surface area contributed by atoms with Gasteiger partial charge in [-0.3, -0.25) is 0 Å². The Morgan fingerprint density at radius 1 is 1.44 bits per heavy atom. The van der Waals surface area contributed by atoms with Crippen LogP contribution in [-0.4, -0.2) is 27.5 Å². The first-order valence-electron chi connectivity index (χ1n) is 5.54. The predicted octanol–water partition coefficient (Wildman–Crippen LogP) is 1.91. The van der Waals surface area contributed by atoms with Gasteiger partial charge in [-0.1, -0.05) is 11.6 Å². The summed E-state index contributed by atoms with van der Waals surface area (Å²) in [7, 11) is 0. The van der Waals surface area contributed by atoms with Gasteiger partial charge in [-0.25, -0.2) is 9.97 Å². The molecule has 84 valence electrons. The van der Waals surface area contributed by atoms with Gasteiger partial charge in [0.2, 0.25) is 0 Å². The zero-order valence-corrected chi connectivity index (χ0v) is 9.59. The molecule has 1 aliphatic rings. The predicted molar refractivity (Wildman–Crippen MR) is 63.6 cm³/mol. The van der Waals surface area contributed by atoms with Crippen LogP contribution in [0.25, 0.3) is 11.0 Å². The number of hydrogen-bond acceptors (Lipinski definition) is 3. The van der Waals surface area contributed by atoms with E-state index >= 15 is 0 Å². The van der Waals surface area contributed by atoms with Crippen LogP contribution in [0.5, 0.6) is 0 Å². The number of aromatic amines is 1. The largest absolute Gasteiger partial charge is 0.346 e. The van der Waals surface area contributed by atoms with Gasteiger partial charge < -0.3 is 10.3 Å². The van der Waals surface area contributed by atoms with Crippen molar-refractivity contribution in [3.05, 3.63) is 23.2 Å². The summed E-state index contributed by atoms with van der Waals surface area (Å²) in [5.41, 5.74) is 2.04. The lowest BCUT2D eigenvalue weighted by molar-refractivity contribution is 0.605. The summed E-state index contributed by atoms with van der Waals surface area (Å²) in [6.45, 7) is 1.12. The molecule has 3 rings (SSSR count). The van der Waals surface area contributed by atoms with Gasteiger partial charge in [0.15, 0.2) is 0 Å². The molecule has 1 unspecified atom stereocenters. The van der Waals surface area contributed by atoms with E-state index in [-0.39, 0.29) is 0 Å². The highest BCUT2D eigenvalue weighted by molar-refractivity contribution is 6.34. The molecule has 2 aromatic rings. The highest BCUT2D eigenvalue weighted by Crippen LogP contribution is 2.25. The number of fused-ring (bicyclic) bond motifs is 1. The molecule has 5 heteroatoms. The average molecular weight is 237 g/mol. The van der Waals surface area contributed by atoms with Crippen LogP contribution in [0.15, 0.2) is 12.5 Å². The second-order valence-corrected chi connectivity index (χ2v) is 4.56. The zero-order chi connectivity index (χ0) is 11.0. The molecule has 2 N–H and O–H groups in total. The van der Waals surface area contributed by atoms with Gasteiger partial charge >= 0.3 is 0 Å². The van der Waals surface area contributed by atoms with Crippen LogP contribution < -0.4 is 5.32 Å². The Morgan fingerprint density at radius 2 is 2.38 bits per heavy atom. The maximum atomic E-state index is 6.10. The molecule has 3 heterocycles. The van der Waals surface area contributed by atoms with Crippen molar-refractivity contribution < 1.29 is 0 Å². The Morgan fingerprint density at radius 3 is 3.19 bits per heavy atom. The minimum atomic E-state index is 0.541. The van der Waals surface area contributed by atoms with Crippen molar-refractivity contribution in [1.82, 2.24) is 20.3 Å². The van der Waals surface area contributed by atoms with Gasteiger partial charge in [0.1, 0.15) is 17.1 Å². The van der Waals surface area contributed by atoms with Crippen molar-refractivity contribution in [2.45, 2.75) is 25.3 Å². The number of hydrogen-bond donors (Lipinski definition) is 2. The lowest BCUT2D eigenvalue weighted by atomic mass is 10.1. The summed E-state index contributed by atoms with van der Waals surface area (Å²) < 4.78 is 0. The molecule has 0 aliphatic carbocycles. The van der Waals surface area contributed by atoms with E-state index in [1.54, 1.807) is 0 Å². The average Bonchev–Trinajstić information content (AvgIpc) is 2.90. The number of nitrogens with one attached hydrogen (secondary N) is 2. The Bertz CT molecular complexity index is 502. The van der Waals surface area contributed by atoms with Crippen molar-refractivity contribution >= 4 is 22.6 Å². The molecule has 0 bridgehead atoms. The lowest BCUT2D eigenvalue weighted by Gasteiger charge is -2.08. The molecular weight excluding hydrogens is 224 g/mol. The fourth-order valence-electron chi connectivity index (χ4n) is 2.34. The first kappa shape index (κ1) is 10.1. The van der Waals surface area contributed by atoms with Gasteiger partial charge in [-0.2, -0.15) is 0 Å². The fourth-order valence-corrected chi connectivity index (χ4v) is 2.60. The Labute approximate surface area is 98.4 Å². The lowest BCUT2D eigenvalue weighted by Crippen LogP contribution is -2.23. The maximum Gasteiger partial charge on any atom is 0.142 e. The summed E-state index contributed by atoms with van der Waals surface area (Å²) >= 11 is 6.10. The SMILES string of the molecule is Clc1ncnc2[nH]cc(CC3CCCN3)c12. The third-order valence-corrected chi connectivity index (χ3v) is 3.42. The Kier molecular flexibility index (Phi) is 2.53. The topological polar surface area (TPSA) is 53.6 Å². The number of H-pyrrole nitrogens is 1. The molecule has 2 aromatic heterocycles. The summed E-state index contributed by atoms with van der Waals surface area (Å²) in [6, 6.07) is 0.565. The van der Waals surface area contributed by atoms with Crippen molar-refractivity contribution in [2.24, 2.45) is 0 Å². The van der Waals surface area contributed by atoms with Crippen LogP contribution in [-0.2, 0) is 6.42 Å². The van der Waals surface area contributed by atoms with Crippen LogP contribution in [0.3, 0.4) is 0 Å². The molecular formula is C11H13ClN4. The van der Waals surface area contributed by atoms with E-state index in [0.29, 0.717) is 11.2 Å². The van der Waals surface area contributed by atoms with Gasteiger partial charge in [-0.05, 0) is 31.4 Å². The second kappa shape index (κ2) is 4.03. The molecule has 1 saturated heterocycles. The highest BCUT2D eigenvalue weighted by atomic mass is 35.5. The Balaban J connectivity index is 1.97. The fraction of sp³-hybridized carbons (Fsp3) is 0.455. The van der Waals surface area contributed by atoms with Crippen LogP contribution in [0.2, 0.25) is 5.15 Å². The summed E-state index contributed by atoms with van der Waals surface area (Å²) in [6.07, 6.45) is 6.96. The van der Waals surface area contributed by atoms with Gasteiger partial charge in [-0.15, -0.1) is 0 Å². The summed E-state index contributed by atoms with van der Waals surface area (Å²) in [5.74, 6) is 0. The Hall–Kier alpha value is -1.13. The first-order chi connectivity index (χ1) is 7.84. The smallest absolute Gasteiger partial charge is 0.142 e. The van der Waals surface area contributed by atoms with E-state index in [1.807, 2.05) is 6.20 Å². The van der Waals surface area contributed by atoms with Crippen LogP contribution >= 0.6 is 11.6 Å². The summed E-state index contributed by atoms with van der Waals surface area (Å²) in [5, 5.41) is 4.99. The van der Waals surface area contributed by atoms with Crippen LogP contribution in [0.1, 0.15) is 18.4 Å².